The Labute approximate surface area is 116 Å². The van der Waals surface area contributed by atoms with Crippen molar-refractivity contribution in [2.24, 2.45) is 0 Å². The zero-order valence-electron chi connectivity index (χ0n) is 10.8. The van der Waals surface area contributed by atoms with Crippen molar-refractivity contribution in [2.45, 2.75) is 6.42 Å². The number of nitrogen functional groups attached to an aromatic ring is 1. The fraction of sp³-hybridized carbons (Fsp3) is 0.133. The minimum atomic E-state index is -0.582. The fourth-order valence-corrected chi connectivity index (χ4v) is 1.80. The van der Waals surface area contributed by atoms with E-state index in [1.165, 1.54) is 6.07 Å². The quantitative estimate of drug-likeness (QED) is 0.747. The monoisotopic (exact) mass is 274 g/mol. The predicted octanol–water partition coefficient (Wildman–Crippen LogP) is 2.09. The lowest BCUT2D eigenvalue weighted by atomic mass is 10.1. The summed E-state index contributed by atoms with van der Waals surface area (Å²) >= 11 is 0. The lowest BCUT2D eigenvalue weighted by Gasteiger charge is -2.07. The van der Waals surface area contributed by atoms with E-state index >= 15 is 0 Å². The molecule has 2 aromatic rings. The van der Waals surface area contributed by atoms with Crippen LogP contribution in [-0.2, 0) is 6.42 Å². The molecule has 0 bridgehead atoms. The molecular weight excluding hydrogens is 259 g/mol. The Kier molecular flexibility index (Phi) is 4.20. The van der Waals surface area contributed by atoms with Crippen molar-refractivity contribution in [3.8, 4) is 5.75 Å². The molecule has 0 radical (unpaired) electrons. The van der Waals surface area contributed by atoms with Gasteiger partial charge in [-0.15, -0.1) is 0 Å². The highest BCUT2D eigenvalue weighted by molar-refractivity contribution is 5.96. The third kappa shape index (κ3) is 3.47. The topological polar surface area (TPSA) is 75.3 Å². The number of aromatic hydroxyl groups is 1. The predicted molar refractivity (Wildman–Crippen MR) is 75.0 cm³/mol. The Morgan fingerprint density at radius 2 is 1.90 bits per heavy atom. The summed E-state index contributed by atoms with van der Waals surface area (Å²) in [6.07, 6.45) is 0.647. The molecule has 4 N–H and O–H groups in total. The van der Waals surface area contributed by atoms with Crippen molar-refractivity contribution < 1.29 is 14.3 Å². The second kappa shape index (κ2) is 6.06. The number of nitrogens with two attached hydrogens (primary N) is 1. The van der Waals surface area contributed by atoms with Crippen molar-refractivity contribution in [3.63, 3.8) is 0 Å². The molecule has 0 saturated carbocycles. The lowest BCUT2D eigenvalue weighted by Crippen LogP contribution is -2.25. The first-order valence-electron chi connectivity index (χ1n) is 6.17. The highest BCUT2D eigenvalue weighted by atomic mass is 19.1. The van der Waals surface area contributed by atoms with Gasteiger partial charge in [0.15, 0.2) is 0 Å². The van der Waals surface area contributed by atoms with E-state index in [9.17, 15) is 14.3 Å². The molecule has 104 valence electrons. The Bertz CT molecular complexity index is 612. The first kappa shape index (κ1) is 13.9. The molecule has 0 spiro atoms. The number of nitrogens with one attached hydrogen (secondary N) is 1. The van der Waals surface area contributed by atoms with E-state index < -0.39 is 11.7 Å². The van der Waals surface area contributed by atoms with Gasteiger partial charge in [0.05, 0.1) is 5.56 Å². The largest absolute Gasteiger partial charge is 0.507 e. The molecule has 4 nitrogen and oxygen atoms in total. The Hall–Kier alpha value is -2.56. The van der Waals surface area contributed by atoms with Crippen LogP contribution in [0.4, 0.5) is 10.1 Å². The van der Waals surface area contributed by atoms with E-state index in [4.69, 9.17) is 5.73 Å². The van der Waals surface area contributed by atoms with Gasteiger partial charge in [0.1, 0.15) is 11.6 Å². The molecule has 2 aromatic carbocycles. The molecule has 1 amide bonds. The molecule has 2 rings (SSSR count). The summed E-state index contributed by atoms with van der Waals surface area (Å²) in [6, 6.07) is 10.7. The highest BCUT2D eigenvalue weighted by Crippen LogP contribution is 2.17. The molecule has 0 heterocycles. The van der Waals surface area contributed by atoms with Crippen LogP contribution in [0, 0.1) is 5.82 Å². The van der Waals surface area contributed by atoms with E-state index in [0.29, 0.717) is 18.7 Å². The number of hydrogen-bond donors (Lipinski definition) is 3. The van der Waals surface area contributed by atoms with Crippen molar-refractivity contribution in [1.29, 1.82) is 0 Å². The summed E-state index contributed by atoms with van der Waals surface area (Å²) in [5, 5.41) is 12.2. The number of phenolic OH excluding ortho intramolecular Hbond substituents is 1. The van der Waals surface area contributed by atoms with E-state index in [0.717, 1.165) is 17.7 Å². The second-order valence-corrected chi connectivity index (χ2v) is 4.41. The summed E-state index contributed by atoms with van der Waals surface area (Å²) in [6.45, 7) is 0.416. The number of benzene rings is 2. The SMILES string of the molecule is Nc1ccc(CCNC(=O)c2ccc(F)cc2O)cc1. The van der Waals surface area contributed by atoms with Gasteiger partial charge in [-0.2, -0.15) is 0 Å². The Balaban J connectivity index is 1.90. The van der Waals surface area contributed by atoms with Crippen LogP contribution in [0.1, 0.15) is 15.9 Å². The number of anilines is 1. The average molecular weight is 274 g/mol. The van der Waals surface area contributed by atoms with Crippen LogP contribution in [0.2, 0.25) is 0 Å². The van der Waals surface area contributed by atoms with Crippen molar-refractivity contribution in [3.05, 3.63) is 59.4 Å². The van der Waals surface area contributed by atoms with Gasteiger partial charge in [0, 0.05) is 18.3 Å². The fourth-order valence-electron chi connectivity index (χ4n) is 1.80. The minimum Gasteiger partial charge on any atom is -0.507 e. The molecule has 0 aliphatic rings. The summed E-state index contributed by atoms with van der Waals surface area (Å²) in [4.78, 5) is 11.8. The van der Waals surface area contributed by atoms with Gasteiger partial charge < -0.3 is 16.2 Å². The molecule has 0 unspecified atom stereocenters. The zero-order chi connectivity index (χ0) is 14.5. The molecule has 0 saturated heterocycles. The van der Waals surface area contributed by atoms with Crippen LogP contribution in [0.15, 0.2) is 42.5 Å². The number of carbonyl (C=O) groups is 1. The maximum absolute atomic E-state index is 12.8. The molecule has 5 heteroatoms. The van der Waals surface area contributed by atoms with Crippen LogP contribution in [-0.4, -0.2) is 17.6 Å². The Morgan fingerprint density at radius 1 is 1.20 bits per heavy atom. The lowest BCUT2D eigenvalue weighted by molar-refractivity contribution is 0.0951. The molecule has 20 heavy (non-hydrogen) atoms. The molecular formula is C15H15FN2O2. The smallest absolute Gasteiger partial charge is 0.255 e. The summed E-state index contributed by atoms with van der Waals surface area (Å²) in [7, 11) is 0. The maximum atomic E-state index is 12.8. The van der Waals surface area contributed by atoms with Crippen molar-refractivity contribution in [2.75, 3.05) is 12.3 Å². The van der Waals surface area contributed by atoms with Gasteiger partial charge in [0.25, 0.3) is 5.91 Å². The minimum absolute atomic E-state index is 0.0590. The van der Waals surface area contributed by atoms with Gasteiger partial charge in [-0.3, -0.25) is 4.79 Å². The van der Waals surface area contributed by atoms with Crippen LogP contribution in [0.3, 0.4) is 0 Å². The van der Waals surface area contributed by atoms with Crippen LogP contribution >= 0.6 is 0 Å². The summed E-state index contributed by atoms with van der Waals surface area (Å²) in [5.41, 5.74) is 7.37. The van der Waals surface area contributed by atoms with Crippen molar-refractivity contribution in [1.82, 2.24) is 5.32 Å². The first-order valence-corrected chi connectivity index (χ1v) is 6.17. The van der Waals surface area contributed by atoms with Gasteiger partial charge >= 0.3 is 0 Å². The normalized spacial score (nSPS) is 10.2. The summed E-state index contributed by atoms with van der Waals surface area (Å²) in [5.74, 6) is -1.38. The number of carbonyl (C=O) groups excluding carboxylic acids is 1. The van der Waals surface area contributed by atoms with Gasteiger partial charge in [-0.05, 0) is 36.2 Å². The zero-order valence-corrected chi connectivity index (χ0v) is 10.8. The number of amides is 1. The van der Waals surface area contributed by atoms with E-state index in [2.05, 4.69) is 5.32 Å². The van der Waals surface area contributed by atoms with Gasteiger partial charge in [-0.25, -0.2) is 4.39 Å². The number of rotatable bonds is 4. The molecule has 0 aromatic heterocycles. The Morgan fingerprint density at radius 3 is 2.55 bits per heavy atom. The maximum Gasteiger partial charge on any atom is 0.255 e. The first-order chi connectivity index (χ1) is 9.56. The van der Waals surface area contributed by atoms with E-state index in [1.54, 1.807) is 12.1 Å². The molecule has 0 aliphatic carbocycles. The van der Waals surface area contributed by atoms with Crippen LogP contribution < -0.4 is 11.1 Å². The summed E-state index contributed by atoms with van der Waals surface area (Å²) < 4.78 is 12.8. The molecule has 0 aliphatic heterocycles. The van der Waals surface area contributed by atoms with E-state index in [1.807, 2.05) is 12.1 Å². The second-order valence-electron chi connectivity index (χ2n) is 4.41. The number of hydrogen-bond acceptors (Lipinski definition) is 3. The van der Waals surface area contributed by atoms with Crippen molar-refractivity contribution >= 4 is 11.6 Å². The highest BCUT2D eigenvalue weighted by Gasteiger charge is 2.11. The van der Waals surface area contributed by atoms with E-state index in [-0.39, 0.29) is 11.3 Å². The van der Waals surface area contributed by atoms with Gasteiger partial charge in [0.2, 0.25) is 0 Å². The average Bonchev–Trinajstić information content (AvgIpc) is 2.41. The standard InChI is InChI=1S/C15H15FN2O2/c16-11-3-6-13(14(19)9-11)15(20)18-8-7-10-1-4-12(17)5-2-10/h1-6,9,19H,7-8,17H2,(H,18,20). The molecule has 0 atom stereocenters. The number of phenols is 1. The number of halogens is 1. The third-order valence-electron chi connectivity index (χ3n) is 2.88. The van der Waals surface area contributed by atoms with Crippen LogP contribution in [0.5, 0.6) is 5.75 Å². The van der Waals surface area contributed by atoms with Gasteiger partial charge in [-0.1, -0.05) is 12.1 Å². The van der Waals surface area contributed by atoms with Crippen LogP contribution in [0.25, 0.3) is 0 Å². The molecule has 0 fully saturated rings. The third-order valence-corrected chi connectivity index (χ3v) is 2.88.